The molecule has 2 heteroatoms. The Morgan fingerprint density at radius 1 is 0.590 bits per heavy atom. The van der Waals surface area contributed by atoms with Crippen LogP contribution < -0.4 is 4.90 Å². The molecule has 1 aromatic heterocycles. The molecule has 0 spiro atoms. The maximum atomic E-state index is 6.29. The summed E-state index contributed by atoms with van der Waals surface area (Å²) < 4.78 is 2.32. The van der Waals surface area contributed by atoms with E-state index in [1.165, 1.54) is 49.9 Å². The molecule has 0 radical (unpaired) electrons. The van der Waals surface area contributed by atoms with E-state index in [1.54, 1.807) is 6.08 Å². The number of nitrogens with zero attached hydrogens (tertiary/aromatic N) is 2. The molecule has 78 heavy (non-hydrogen) atoms. The van der Waals surface area contributed by atoms with Gasteiger partial charge in [0.1, 0.15) is 0 Å². The van der Waals surface area contributed by atoms with Gasteiger partial charge < -0.3 is 9.47 Å². The average Bonchev–Trinajstić information content (AvgIpc) is 3.88. The highest BCUT2D eigenvalue weighted by molar-refractivity contribution is 6.05. The first-order chi connectivity index (χ1) is 38.6. The summed E-state index contributed by atoms with van der Waals surface area (Å²) in [5, 5.41) is 3.64. The number of anilines is 2. The highest BCUT2D eigenvalue weighted by Crippen LogP contribution is 2.42. The summed E-state index contributed by atoms with van der Waals surface area (Å²) in [6.45, 7) is 2.12. The number of benzene rings is 9. The Morgan fingerprint density at radius 2 is 1.26 bits per heavy atom. The molecule has 0 N–H and O–H groups in total. The van der Waals surface area contributed by atoms with Crippen molar-refractivity contribution in [3.8, 4) is 63.8 Å². The molecule has 0 aliphatic heterocycles. The number of hydrogen-bond donors (Lipinski definition) is 0. The summed E-state index contributed by atoms with van der Waals surface area (Å²) in [5.41, 5.74) is 20.9. The first-order valence-corrected chi connectivity index (χ1v) is 27.0. The summed E-state index contributed by atoms with van der Waals surface area (Å²) >= 11 is 0. The molecule has 1 heterocycles. The smallest absolute Gasteiger partial charge is 0.0613 e. The summed E-state index contributed by atoms with van der Waals surface area (Å²) in [4.78, 5) is 2.45. The topological polar surface area (TPSA) is 8.17 Å². The Kier molecular flexibility index (Phi) is 15.3. The number of terminal acetylenes is 2. The van der Waals surface area contributed by atoms with Crippen LogP contribution in [0.25, 0.3) is 72.4 Å². The van der Waals surface area contributed by atoms with Crippen molar-refractivity contribution in [2.24, 2.45) is 0 Å². The van der Waals surface area contributed by atoms with E-state index in [4.69, 9.17) is 12.8 Å². The second kappa shape index (κ2) is 23.8. The number of fused-ring (bicyclic) bond motifs is 2. The Bertz CT molecular complexity index is 4040. The number of aromatic nitrogens is 1. The van der Waals surface area contributed by atoms with Crippen molar-refractivity contribution in [2.75, 3.05) is 4.90 Å². The second-order valence-corrected chi connectivity index (χ2v) is 19.8. The van der Waals surface area contributed by atoms with Crippen molar-refractivity contribution >= 4 is 44.7 Å². The van der Waals surface area contributed by atoms with Crippen LogP contribution in [0.3, 0.4) is 0 Å². The number of para-hydroxylation sites is 2. The predicted molar refractivity (Wildman–Crippen MR) is 334 cm³/mol. The fourth-order valence-electron chi connectivity index (χ4n) is 11.0. The molecule has 0 bridgehead atoms. The van der Waals surface area contributed by atoms with Gasteiger partial charge in [0.15, 0.2) is 0 Å². The molecule has 1 aliphatic rings. The molecule has 11 rings (SSSR count). The van der Waals surface area contributed by atoms with Crippen molar-refractivity contribution in [2.45, 2.75) is 39.0 Å². The molecule has 0 unspecified atom stereocenters. The van der Waals surface area contributed by atoms with E-state index in [0.29, 0.717) is 0 Å². The first kappa shape index (κ1) is 50.3. The SMILES string of the molecule is C#C/C=C\c1ccccc1CC(/C=C\CC1=CC=C(N(c2ccc(-c3ccc(-c4cccc5ccccc45)cc3)cc2)c2cccc(/C(=C/C#C)c3cn(-c4ccccc4)c4c(-c5ccccc5)cccc34)c2)CCC1)=C/C. The summed E-state index contributed by atoms with van der Waals surface area (Å²) in [6.07, 6.45) is 36.0. The lowest BCUT2D eigenvalue weighted by Gasteiger charge is -2.28. The summed E-state index contributed by atoms with van der Waals surface area (Å²) in [6, 6.07) is 78.4. The van der Waals surface area contributed by atoms with Crippen LogP contribution in [0, 0.1) is 24.7 Å². The monoisotopic (exact) mass is 1000 g/mol. The van der Waals surface area contributed by atoms with Gasteiger partial charge in [0.25, 0.3) is 0 Å². The maximum Gasteiger partial charge on any atom is 0.0613 e. The highest BCUT2D eigenvalue weighted by Gasteiger charge is 2.22. The standard InChI is InChI=1S/C76H60N2/c1-4-7-27-58-28-14-15-32-64(58)53-56(6-3)24-18-25-57-26-19-37-67(50-43-57)78(68-51-48-60(49-52-68)59-44-46-63(47-45-59)72-40-21-33-61-31-16-17-39-71(61)72)69-38-20-34-65(54-69)70(23-5-2)75-55-77(66-35-12-9-13-36-66)76-73(41-22-42-74(75)76)62-29-10-8-11-30-62/h1-2,6-18,20-24,27-36,38-52,54-55H,19,25-26,37,53H2,3H3/b24-18-,27-7-,56-6+,70-23-. The zero-order chi connectivity index (χ0) is 53.0. The zero-order valence-electron chi connectivity index (χ0n) is 44.1. The summed E-state index contributed by atoms with van der Waals surface area (Å²) in [5.74, 6) is 5.59. The Morgan fingerprint density at radius 3 is 2.05 bits per heavy atom. The van der Waals surface area contributed by atoms with Crippen LogP contribution in [-0.4, -0.2) is 4.57 Å². The number of hydrogen-bond acceptors (Lipinski definition) is 1. The van der Waals surface area contributed by atoms with Crippen molar-refractivity contribution < 1.29 is 0 Å². The van der Waals surface area contributed by atoms with Crippen molar-refractivity contribution in [1.82, 2.24) is 4.57 Å². The van der Waals surface area contributed by atoms with Crippen molar-refractivity contribution in [3.05, 3.63) is 306 Å². The van der Waals surface area contributed by atoms with Crippen molar-refractivity contribution in [3.63, 3.8) is 0 Å². The molecular weight excluding hydrogens is 941 g/mol. The molecule has 0 atom stereocenters. The van der Waals surface area contributed by atoms with Crippen LogP contribution in [0.1, 0.15) is 54.9 Å². The quantitative estimate of drug-likeness (QED) is 0.0734. The van der Waals surface area contributed by atoms with E-state index in [0.717, 1.165) is 99.0 Å². The van der Waals surface area contributed by atoms with E-state index >= 15 is 0 Å². The molecule has 0 saturated heterocycles. The molecule has 9 aromatic carbocycles. The number of allylic oxidation sites excluding steroid dienone is 10. The van der Waals surface area contributed by atoms with Crippen LogP contribution in [0.4, 0.5) is 11.4 Å². The lowest BCUT2D eigenvalue weighted by atomic mass is 9.94. The zero-order valence-corrected chi connectivity index (χ0v) is 44.1. The summed E-state index contributed by atoms with van der Waals surface area (Å²) in [7, 11) is 0. The van der Waals surface area contributed by atoms with Gasteiger partial charge in [-0.1, -0.05) is 224 Å². The molecule has 0 amide bonds. The third-order valence-corrected chi connectivity index (χ3v) is 14.9. The van der Waals surface area contributed by atoms with Gasteiger partial charge in [0, 0.05) is 45.5 Å². The van der Waals surface area contributed by atoms with Crippen LogP contribution in [0.2, 0.25) is 0 Å². The molecule has 0 saturated carbocycles. The van der Waals surface area contributed by atoms with Gasteiger partial charge in [-0.05, 0) is 166 Å². The Labute approximate surface area is 460 Å². The first-order valence-electron chi connectivity index (χ1n) is 27.0. The number of rotatable bonds is 15. The lowest BCUT2D eigenvalue weighted by molar-refractivity contribution is 0.789. The van der Waals surface area contributed by atoms with E-state index in [1.807, 2.05) is 12.2 Å². The van der Waals surface area contributed by atoms with Crippen LogP contribution in [-0.2, 0) is 6.42 Å². The van der Waals surface area contributed by atoms with Crippen molar-refractivity contribution in [1.29, 1.82) is 0 Å². The molecular formula is C76H60N2. The molecule has 2 nitrogen and oxygen atoms in total. The van der Waals surface area contributed by atoms with E-state index in [-0.39, 0.29) is 0 Å². The fourth-order valence-corrected chi connectivity index (χ4v) is 11.0. The van der Waals surface area contributed by atoms with Crippen LogP contribution >= 0.6 is 0 Å². The van der Waals surface area contributed by atoms with Gasteiger partial charge in [-0.25, -0.2) is 0 Å². The van der Waals surface area contributed by atoms with Gasteiger partial charge >= 0.3 is 0 Å². The average molecular weight is 1000 g/mol. The normalized spacial score (nSPS) is 13.1. The molecule has 1 aliphatic carbocycles. The van der Waals surface area contributed by atoms with E-state index in [9.17, 15) is 0 Å². The minimum atomic E-state index is 0.840. The third-order valence-electron chi connectivity index (χ3n) is 14.9. The minimum Gasteiger partial charge on any atom is -0.315 e. The molecule has 374 valence electrons. The molecule has 0 fully saturated rings. The molecule has 10 aromatic rings. The van der Waals surface area contributed by atoms with Gasteiger partial charge in [-0.15, -0.1) is 12.8 Å². The van der Waals surface area contributed by atoms with Gasteiger partial charge in [0.2, 0.25) is 0 Å². The van der Waals surface area contributed by atoms with E-state index in [2.05, 4.69) is 283 Å². The lowest BCUT2D eigenvalue weighted by Crippen LogP contribution is -2.16. The van der Waals surface area contributed by atoms with Gasteiger partial charge in [0.05, 0.1) is 5.52 Å². The van der Waals surface area contributed by atoms with Gasteiger partial charge in [-0.3, -0.25) is 0 Å². The van der Waals surface area contributed by atoms with Gasteiger partial charge in [-0.2, -0.15) is 0 Å². The van der Waals surface area contributed by atoms with Crippen LogP contribution in [0.5, 0.6) is 0 Å². The Hall–Kier alpha value is -9.86. The third kappa shape index (κ3) is 10.9. The fraction of sp³-hybridized carbons (Fsp3) is 0.0789. The Balaban J connectivity index is 0.955. The highest BCUT2D eigenvalue weighted by atomic mass is 15.1. The maximum absolute atomic E-state index is 6.29. The predicted octanol–water partition coefficient (Wildman–Crippen LogP) is 19.8. The van der Waals surface area contributed by atoms with E-state index < -0.39 is 0 Å². The second-order valence-electron chi connectivity index (χ2n) is 19.8. The van der Waals surface area contributed by atoms with Crippen LogP contribution in [0.15, 0.2) is 284 Å². The minimum absolute atomic E-state index is 0.840. The largest absolute Gasteiger partial charge is 0.315 e.